The lowest BCUT2D eigenvalue weighted by atomic mass is 9.83. The summed E-state index contributed by atoms with van der Waals surface area (Å²) in [4.78, 5) is 0. The second-order valence-corrected chi connectivity index (χ2v) is 5.97. The lowest BCUT2D eigenvalue weighted by Crippen LogP contribution is -2.44. The van der Waals surface area contributed by atoms with Crippen LogP contribution in [-0.4, -0.2) is 24.9 Å². The average molecular weight is 288 g/mol. The van der Waals surface area contributed by atoms with E-state index in [1.165, 1.54) is 16.7 Å². The van der Waals surface area contributed by atoms with Crippen LogP contribution in [0.3, 0.4) is 0 Å². The first-order valence-electron chi connectivity index (χ1n) is 7.68. The fourth-order valence-corrected chi connectivity index (χ4v) is 3.14. The summed E-state index contributed by atoms with van der Waals surface area (Å²) < 4.78 is 6.17. The standard InChI is InChI=1S/C18H26N2O.H2/c1-13(2)18(14(3)19)16-9-10-20-11-17(16)21-12-15-7-5-4-6-8-15;/h4-8,16-17,19-20H,9-12H2,1-3H3;1H. The summed E-state index contributed by atoms with van der Waals surface area (Å²) in [5.74, 6) is 0.331. The van der Waals surface area contributed by atoms with Gasteiger partial charge >= 0.3 is 0 Å². The Bertz CT molecular complexity index is 509. The Morgan fingerprint density at radius 3 is 2.62 bits per heavy atom. The second kappa shape index (κ2) is 7.53. The first-order chi connectivity index (χ1) is 10.1. The van der Waals surface area contributed by atoms with Crippen molar-refractivity contribution in [2.75, 3.05) is 13.1 Å². The summed E-state index contributed by atoms with van der Waals surface area (Å²) in [6.45, 7) is 8.59. The van der Waals surface area contributed by atoms with Gasteiger partial charge in [0.05, 0.1) is 12.7 Å². The molecule has 0 radical (unpaired) electrons. The Morgan fingerprint density at radius 2 is 2.00 bits per heavy atom. The van der Waals surface area contributed by atoms with Gasteiger partial charge in [0, 0.05) is 19.6 Å². The van der Waals surface area contributed by atoms with E-state index in [4.69, 9.17) is 10.1 Å². The van der Waals surface area contributed by atoms with Gasteiger partial charge in [-0.25, -0.2) is 0 Å². The molecule has 21 heavy (non-hydrogen) atoms. The normalized spacial score (nSPS) is 21.9. The molecule has 1 aliphatic rings. The van der Waals surface area contributed by atoms with Crippen molar-refractivity contribution in [3.63, 3.8) is 0 Å². The molecule has 0 saturated carbocycles. The molecule has 1 aliphatic heterocycles. The topological polar surface area (TPSA) is 45.1 Å². The SMILES string of the molecule is CC(=N)C(=C(C)C)C1CCNCC1OCc1ccccc1.[HH]. The molecular weight excluding hydrogens is 260 g/mol. The van der Waals surface area contributed by atoms with Gasteiger partial charge in [-0.15, -0.1) is 0 Å². The number of nitrogens with one attached hydrogen (secondary N) is 2. The van der Waals surface area contributed by atoms with E-state index in [0.717, 1.165) is 19.5 Å². The maximum absolute atomic E-state index is 8.07. The van der Waals surface area contributed by atoms with Crippen LogP contribution in [0.1, 0.15) is 34.2 Å². The molecule has 1 fully saturated rings. The van der Waals surface area contributed by atoms with Gasteiger partial charge in [0.15, 0.2) is 0 Å². The Morgan fingerprint density at radius 1 is 1.29 bits per heavy atom. The number of piperidine rings is 1. The molecule has 2 rings (SSSR count). The molecule has 0 bridgehead atoms. The zero-order chi connectivity index (χ0) is 15.2. The van der Waals surface area contributed by atoms with Crippen LogP contribution in [-0.2, 0) is 11.3 Å². The Kier molecular flexibility index (Phi) is 5.71. The van der Waals surface area contributed by atoms with Crippen LogP contribution in [0.5, 0.6) is 0 Å². The zero-order valence-electron chi connectivity index (χ0n) is 13.3. The Hall–Kier alpha value is -1.45. The third kappa shape index (κ3) is 4.26. The summed E-state index contributed by atoms with van der Waals surface area (Å²) in [5.41, 5.74) is 4.29. The van der Waals surface area contributed by atoms with Crippen LogP contribution >= 0.6 is 0 Å². The molecule has 2 atom stereocenters. The summed E-state index contributed by atoms with van der Waals surface area (Å²) in [6, 6.07) is 10.3. The lowest BCUT2D eigenvalue weighted by Gasteiger charge is -2.34. The first kappa shape index (κ1) is 15.9. The number of rotatable bonds is 5. The van der Waals surface area contributed by atoms with Crippen molar-refractivity contribution < 1.29 is 6.16 Å². The predicted molar refractivity (Wildman–Crippen MR) is 89.9 cm³/mol. The molecule has 1 saturated heterocycles. The highest BCUT2D eigenvalue weighted by atomic mass is 16.5. The third-order valence-electron chi connectivity index (χ3n) is 4.05. The number of allylic oxidation sites excluding steroid dienone is 1. The lowest BCUT2D eigenvalue weighted by molar-refractivity contribution is -0.000199. The summed E-state index contributed by atoms with van der Waals surface area (Å²) >= 11 is 0. The zero-order valence-corrected chi connectivity index (χ0v) is 13.3. The largest absolute Gasteiger partial charge is 0.372 e. The minimum atomic E-state index is 0. The van der Waals surface area contributed by atoms with Crippen LogP contribution < -0.4 is 5.32 Å². The van der Waals surface area contributed by atoms with Gasteiger partial charge in [0.25, 0.3) is 0 Å². The van der Waals surface area contributed by atoms with Gasteiger partial charge in [0.1, 0.15) is 0 Å². The molecule has 1 heterocycles. The number of hydrogen-bond donors (Lipinski definition) is 2. The minimum Gasteiger partial charge on any atom is -0.372 e. The molecule has 0 amide bonds. The van der Waals surface area contributed by atoms with E-state index in [-0.39, 0.29) is 7.53 Å². The van der Waals surface area contributed by atoms with E-state index < -0.39 is 0 Å². The summed E-state index contributed by atoms with van der Waals surface area (Å²) in [5, 5.41) is 11.5. The first-order valence-corrected chi connectivity index (χ1v) is 7.68. The average Bonchev–Trinajstić information content (AvgIpc) is 2.47. The molecule has 2 N–H and O–H groups in total. The second-order valence-electron chi connectivity index (χ2n) is 5.97. The van der Waals surface area contributed by atoms with Crippen molar-refractivity contribution in [2.45, 2.75) is 39.9 Å². The van der Waals surface area contributed by atoms with E-state index >= 15 is 0 Å². The van der Waals surface area contributed by atoms with Crippen LogP contribution in [0, 0.1) is 11.3 Å². The van der Waals surface area contributed by atoms with E-state index in [0.29, 0.717) is 18.2 Å². The van der Waals surface area contributed by atoms with Crippen LogP contribution in [0.2, 0.25) is 0 Å². The van der Waals surface area contributed by atoms with E-state index in [9.17, 15) is 0 Å². The van der Waals surface area contributed by atoms with Gasteiger partial charge in [-0.2, -0.15) is 0 Å². The highest BCUT2D eigenvalue weighted by molar-refractivity contribution is 5.96. The molecule has 0 aliphatic carbocycles. The molecular formula is C18H28N2O. The van der Waals surface area contributed by atoms with Crippen LogP contribution in [0.25, 0.3) is 0 Å². The number of ether oxygens (including phenoxy) is 1. The van der Waals surface area contributed by atoms with Crippen molar-refractivity contribution in [2.24, 2.45) is 5.92 Å². The van der Waals surface area contributed by atoms with Crippen molar-refractivity contribution in [3.8, 4) is 0 Å². The quantitative estimate of drug-likeness (QED) is 0.809. The van der Waals surface area contributed by atoms with E-state index in [2.05, 4.69) is 31.3 Å². The van der Waals surface area contributed by atoms with Gasteiger partial charge < -0.3 is 15.5 Å². The van der Waals surface area contributed by atoms with Crippen molar-refractivity contribution in [1.82, 2.24) is 5.32 Å². The fraction of sp³-hybridized carbons (Fsp3) is 0.500. The van der Waals surface area contributed by atoms with Gasteiger partial charge in [-0.3, -0.25) is 0 Å². The minimum absolute atomic E-state index is 0. The summed E-state index contributed by atoms with van der Waals surface area (Å²) in [7, 11) is 0. The maximum Gasteiger partial charge on any atom is 0.0773 e. The molecule has 0 aromatic heterocycles. The highest BCUT2D eigenvalue weighted by Gasteiger charge is 2.30. The van der Waals surface area contributed by atoms with Crippen molar-refractivity contribution in [3.05, 3.63) is 47.0 Å². The molecule has 0 spiro atoms. The fourth-order valence-electron chi connectivity index (χ4n) is 3.14. The molecule has 1 aromatic carbocycles. The molecule has 1 aromatic rings. The molecule has 2 unspecified atom stereocenters. The smallest absolute Gasteiger partial charge is 0.0773 e. The van der Waals surface area contributed by atoms with Gasteiger partial charge in [-0.05, 0) is 44.9 Å². The number of hydrogen-bond acceptors (Lipinski definition) is 3. The highest BCUT2D eigenvalue weighted by Crippen LogP contribution is 2.28. The summed E-state index contributed by atoms with van der Waals surface area (Å²) in [6.07, 6.45) is 1.18. The molecule has 3 nitrogen and oxygen atoms in total. The Balaban J connectivity index is 0.00000242. The molecule has 3 heteroatoms. The molecule has 116 valence electrons. The van der Waals surface area contributed by atoms with Gasteiger partial charge in [0.2, 0.25) is 0 Å². The maximum atomic E-state index is 8.07. The predicted octanol–water partition coefficient (Wildman–Crippen LogP) is 3.80. The van der Waals surface area contributed by atoms with Crippen LogP contribution in [0.4, 0.5) is 0 Å². The number of benzene rings is 1. The van der Waals surface area contributed by atoms with Gasteiger partial charge in [-0.1, -0.05) is 35.9 Å². The monoisotopic (exact) mass is 288 g/mol. The third-order valence-corrected chi connectivity index (χ3v) is 4.05. The van der Waals surface area contributed by atoms with E-state index in [1.807, 2.05) is 25.1 Å². The van der Waals surface area contributed by atoms with Crippen LogP contribution in [0.15, 0.2) is 41.5 Å². The van der Waals surface area contributed by atoms with Crippen molar-refractivity contribution >= 4 is 5.71 Å². The van der Waals surface area contributed by atoms with Crippen molar-refractivity contribution in [1.29, 1.82) is 5.41 Å². The Labute approximate surface area is 129 Å². The van der Waals surface area contributed by atoms with E-state index in [1.54, 1.807) is 0 Å².